The van der Waals surface area contributed by atoms with E-state index in [2.05, 4.69) is 194 Å². The van der Waals surface area contributed by atoms with Crippen molar-refractivity contribution in [2.75, 3.05) is 0 Å². The van der Waals surface area contributed by atoms with Crippen LogP contribution in [0.4, 0.5) is 0 Å². The predicted octanol–water partition coefficient (Wildman–Crippen LogP) is 15.8. The minimum Gasteiger partial charge on any atom is -0.455 e. The fraction of sp³-hybridized carbons (Fsp3) is 0. The van der Waals surface area contributed by atoms with Gasteiger partial charge in [-0.25, -0.2) is 15.0 Å². The van der Waals surface area contributed by atoms with Gasteiger partial charge in [-0.3, -0.25) is 0 Å². The van der Waals surface area contributed by atoms with Crippen LogP contribution in [-0.2, 0) is 0 Å². The highest BCUT2D eigenvalue weighted by Crippen LogP contribution is 2.44. The average Bonchev–Trinajstić information content (AvgIpc) is 3.93. The number of thiophene rings is 1. The van der Waals surface area contributed by atoms with Crippen molar-refractivity contribution in [3.05, 3.63) is 212 Å². The second-order valence-corrected chi connectivity index (χ2v) is 16.6. The molecule has 0 spiro atoms. The number of nitrogens with zero attached hydrogens (tertiary/aromatic N) is 3. The number of benzene rings is 9. The highest BCUT2D eigenvalue weighted by atomic mass is 32.1. The number of hydrogen-bond donors (Lipinski definition) is 0. The van der Waals surface area contributed by atoms with Crippen molar-refractivity contribution in [3.63, 3.8) is 0 Å². The topological polar surface area (TPSA) is 51.8 Å². The van der Waals surface area contributed by atoms with Gasteiger partial charge in [0.05, 0.1) is 0 Å². The fourth-order valence-corrected chi connectivity index (χ4v) is 9.83. The van der Waals surface area contributed by atoms with E-state index in [-0.39, 0.29) is 0 Å². The SMILES string of the molecule is c1ccc(-c2cccc(-c3nc(-c4ccc(-c5ccc(-c6ccc7c(c6)sc6ccccc67)c6oc7ccccc7c56)cc4)nc(-c4cccc(-c5ccccc5)c4)n3)c2)cc1. The summed E-state index contributed by atoms with van der Waals surface area (Å²) >= 11 is 1.83. The molecule has 5 heteroatoms. The summed E-state index contributed by atoms with van der Waals surface area (Å²) in [6.45, 7) is 0. The van der Waals surface area contributed by atoms with Crippen molar-refractivity contribution in [1.29, 1.82) is 0 Å². The molecule has 0 N–H and O–H groups in total. The zero-order valence-corrected chi connectivity index (χ0v) is 34.2. The Bertz CT molecular complexity index is 3530. The van der Waals surface area contributed by atoms with Crippen LogP contribution >= 0.6 is 11.3 Å². The highest BCUT2D eigenvalue weighted by molar-refractivity contribution is 7.25. The smallest absolute Gasteiger partial charge is 0.164 e. The molecule has 3 heterocycles. The van der Waals surface area contributed by atoms with E-state index in [4.69, 9.17) is 19.4 Å². The van der Waals surface area contributed by atoms with Crippen LogP contribution in [0.25, 0.3) is 121 Å². The fourth-order valence-electron chi connectivity index (χ4n) is 8.69. The molecule has 12 aromatic rings. The predicted molar refractivity (Wildman–Crippen MR) is 258 cm³/mol. The Kier molecular flexibility index (Phi) is 8.65. The van der Waals surface area contributed by atoms with Crippen molar-refractivity contribution >= 4 is 53.4 Å². The van der Waals surface area contributed by atoms with Gasteiger partial charge in [-0.1, -0.05) is 176 Å². The number of furan rings is 1. The third-order valence-corrected chi connectivity index (χ3v) is 12.9. The summed E-state index contributed by atoms with van der Waals surface area (Å²) in [6, 6.07) is 74.5. The van der Waals surface area contributed by atoms with Crippen molar-refractivity contribution in [2.45, 2.75) is 0 Å². The Balaban J connectivity index is 0.969. The van der Waals surface area contributed by atoms with E-state index in [1.54, 1.807) is 0 Å². The lowest BCUT2D eigenvalue weighted by Crippen LogP contribution is -2.00. The van der Waals surface area contributed by atoms with Gasteiger partial charge in [-0.2, -0.15) is 0 Å². The Morgan fingerprint density at radius 1 is 0.306 bits per heavy atom. The van der Waals surface area contributed by atoms with Crippen LogP contribution in [-0.4, -0.2) is 15.0 Å². The van der Waals surface area contributed by atoms with Gasteiger partial charge < -0.3 is 4.42 Å². The molecule has 0 unspecified atom stereocenters. The van der Waals surface area contributed by atoms with Crippen molar-refractivity contribution in [3.8, 4) is 78.7 Å². The maximum absolute atomic E-state index is 6.72. The molecule has 0 bridgehead atoms. The van der Waals surface area contributed by atoms with Gasteiger partial charge >= 0.3 is 0 Å². The Hall–Kier alpha value is -7.99. The zero-order valence-electron chi connectivity index (χ0n) is 33.4. The number of aromatic nitrogens is 3. The van der Waals surface area contributed by atoms with Crippen LogP contribution in [0.2, 0.25) is 0 Å². The van der Waals surface area contributed by atoms with Crippen molar-refractivity contribution in [1.82, 2.24) is 15.0 Å². The first-order valence-electron chi connectivity index (χ1n) is 20.7. The van der Waals surface area contributed by atoms with E-state index in [0.717, 1.165) is 83.1 Å². The molecule has 62 heavy (non-hydrogen) atoms. The second kappa shape index (κ2) is 14.9. The van der Waals surface area contributed by atoms with Gasteiger partial charge in [0, 0.05) is 53.2 Å². The summed E-state index contributed by atoms with van der Waals surface area (Å²) in [5.41, 5.74) is 13.4. The average molecular weight is 810 g/mol. The Labute approximate surface area is 362 Å². The largest absolute Gasteiger partial charge is 0.455 e. The first kappa shape index (κ1) is 35.9. The first-order valence-corrected chi connectivity index (χ1v) is 21.6. The summed E-state index contributed by atoms with van der Waals surface area (Å²) in [7, 11) is 0. The first-order chi connectivity index (χ1) is 30.7. The molecular weight excluding hydrogens is 775 g/mol. The molecule has 0 fully saturated rings. The van der Waals surface area contributed by atoms with E-state index in [1.807, 2.05) is 29.5 Å². The Morgan fingerprint density at radius 2 is 0.806 bits per heavy atom. The summed E-state index contributed by atoms with van der Waals surface area (Å²) in [5.74, 6) is 1.85. The third-order valence-electron chi connectivity index (χ3n) is 11.8. The molecule has 0 aliphatic rings. The van der Waals surface area contributed by atoms with Crippen LogP contribution in [0.15, 0.2) is 217 Å². The summed E-state index contributed by atoms with van der Waals surface area (Å²) in [6.07, 6.45) is 0. The van der Waals surface area contributed by atoms with E-state index >= 15 is 0 Å². The van der Waals surface area contributed by atoms with Crippen LogP contribution in [0.5, 0.6) is 0 Å². The van der Waals surface area contributed by atoms with Gasteiger partial charge in [0.15, 0.2) is 17.5 Å². The lowest BCUT2D eigenvalue weighted by atomic mass is 9.94. The van der Waals surface area contributed by atoms with Gasteiger partial charge in [0.2, 0.25) is 0 Å². The third kappa shape index (κ3) is 6.35. The molecule has 12 rings (SSSR count). The zero-order chi connectivity index (χ0) is 41.0. The highest BCUT2D eigenvalue weighted by Gasteiger charge is 2.19. The number of fused-ring (bicyclic) bond motifs is 6. The minimum atomic E-state index is 0.609. The standard InChI is InChI=1S/C57H35N3OS/c1-3-13-36(14-4-1)40-17-11-19-43(33-40)56-58-55(59-57(60-56)44-20-12-18-41(34-44)37-15-5-2-6-16-37)39-27-25-38(26-28-39)45-31-32-46(54-53(45)49-22-7-9-23-50(49)61-54)42-29-30-48-47-21-8-10-24-51(47)62-52(48)35-42/h1-35H. The minimum absolute atomic E-state index is 0.609. The lowest BCUT2D eigenvalue weighted by Gasteiger charge is -2.12. The quantitative estimate of drug-likeness (QED) is 0.161. The maximum atomic E-state index is 6.72. The molecule has 0 radical (unpaired) electrons. The monoisotopic (exact) mass is 809 g/mol. The molecule has 0 aliphatic carbocycles. The summed E-state index contributed by atoms with van der Waals surface area (Å²) in [5, 5.41) is 4.77. The molecular formula is C57H35N3OS. The lowest BCUT2D eigenvalue weighted by molar-refractivity contribution is 0.670. The summed E-state index contributed by atoms with van der Waals surface area (Å²) in [4.78, 5) is 15.4. The summed E-state index contributed by atoms with van der Waals surface area (Å²) < 4.78 is 9.29. The van der Waals surface area contributed by atoms with E-state index in [0.29, 0.717) is 17.5 Å². The van der Waals surface area contributed by atoms with Crippen LogP contribution in [0.1, 0.15) is 0 Å². The number of hydrogen-bond acceptors (Lipinski definition) is 5. The van der Waals surface area contributed by atoms with Gasteiger partial charge in [-0.05, 0) is 75.3 Å². The van der Waals surface area contributed by atoms with Crippen molar-refractivity contribution < 1.29 is 4.42 Å². The van der Waals surface area contributed by atoms with Crippen LogP contribution in [0.3, 0.4) is 0 Å². The maximum Gasteiger partial charge on any atom is 0.164 e. The normalized spacial score (nSPS) is 11.5. The number of para-hydroxylation sites is 1. The van der Waals surface area contributed by atoms with Gasteiger partial charge in [-0.15, -0.1) is 11.3 Å². The van der Waals surface area contributed by atoms with Gasteiger partial charge in [0.25, 0.3) is 0 Å². The molecule has 4 nitrogen and oxygen atoms in total. The molecule has 9 aromatic carbocycles. The Morgan fingerprint density at radius 3 is 1.48 bits per heavy atom. The van der Waals surface area contributed by atoms with E-state index in [1.165, 1.54) is 20.2 Å². The molecule has 290 valence electrons. The van der Waals surface area contributed by atoms with Crippen LogP contribution in [0, 0.1) is 0 Å². The van der Waals surface area contributed by atoms with Gasteiger partial charge in [0.1, 0.15) is 11.2 Å². The van der Waals surface area contributed by atoms with E-state index < -0.39 is 0 Å². The molecule has 0 aliphatic heterocycles. The molecule has 0 saturated carbocycles. The molecule has 0 amide bonds. The molecule has 0 atom stereocenters. The second-order valence-electron chi connectivity index (χ2n) is 15.5. The van der Waals surface area contributed by atoms with Crippen molar-refractivity contribution in [2.24, 2.45) is 0 Å². The molecule has 3 aromatic heterocycles. The molecule has 0 saturated heterocycles. The van der Waals surface area contributed by atoms with Crippen LogP contribution < -0.4 is 0 Å². The number of rotatable bonds is 7. The van der Waals surface area contributed by atoms with E-state index in [9.17, 15) is 0 Å².